The van der Waals surface area contributed by atoms with Gasteiger partial charge in [-0.3, -0.25) is 9.69 Å². The van der Waals surface area contributed by atoms with Crippen molar-refractivity contribution in [3.05, 3.63) is 70.3 Å². The van der Waals surface area contributed by atoms with Gasteiger partial charge in [0.05, 0.1) is 5.69 Å². The van der Waals surface area contributed by atoms with Gasteiger partial charge >= 0.3 is 0 Å². The summed E-state index contributed by atoms with van der Waals surface area (Å²) >= 11 is 2.24. The van der Waals surface area contributed by atoms with Gasteiger partial charge in [-0.05, 0) is 65.4 Å². The van der Waals surface area contributed by atoms with Crippen molar-refractivity contribution < 1.29 is 4.79 Å². The second-order valence-electron chi connectivity index (χ2n) is 4.17. The Bertz CT molecular complexity index is 607. The molecule has 2 rings (SSSR count). The summed E-state index contributed by atoms with van der Waals surface area (Å²) in [5.74, 6) is -0.130. The molecule has 0 bridgehead atoms. The van der Waals surface area contributed by atoms with Crippen molar-refractivity contribution in [3.63, 3.8) is 0 Å². The van der Waals surface area contributed by atoms with Crippen LogP contribution >= 0.6 is 22.6 Å². The van der Waals surface area contributed by atoms with Crippen molar-refractivity contribution >= 4 is 39.9 Å². The van der Waals surface area contributed by atoms with Crippen LogP contribution in [-0.4, -0.2) is 5.91 Å². The van der Waals surface area contributed by atoms with E-state index in [9.17, 15) is 4.79 Å². The van der Waals surface area contributed by atoms with Gasteiger partial charge in [-0.2, -0.15) is 0 Å². The maximum absolute atomic E-state index is 12.2. The Morgan fingerprint density at radius 1 is 1.21 bits per heavy atom. The Balaban J connectivity index is 2.59. The van der Waals surface area contributed by atoms with Gasteiger partial charge in [-0.25, -0.2) is 0 Å². The van der Waals surface area contributed by atoms with Crippen LogP contribution in [0, 0.1) is 10.5 Å². The zero-order chi connectivity index (χ0) is 13.8. The van der Waals surface area contributed by atoms with E-state index in [1.807, 2.05) is 55.5 Å². The van der Waals surface area contributed by atoms with Crippen LogP contribution in [0.25, 0.3) is 0 Å². The first kappa shape index (κ1) is 13.8. The predicted molar refractivity (Wildman–Crippen MR) is 87.7 cm³/mol. The number of hydrogen-bond donors (Lipinski definition) is 0. The van der Waals surface area contributed by atoms with Crippen LogP contribution in [0.2, 0.25) is 0 Å². The van der Waals surface area contributed by atoms with Gasteiger partial charge in [-0.15, -0.1) is 0 Å². The monoisotopic (exact) mass is 363 g/mol. The molecule has 2 aromatic rings. The lowest BCUT2D eigenvalue weighted by molar-refractivity contribution is -0.113. The van der Waals surface area contributed by atoms with Crippen LogP contribution < -0.4 is 4.90 Å². The molecule has 1 amide bonds. The van der Waals surface area contributed by atoms with E-state index in [2.05, 4.69) is 29.2 Å². The second-order valence-corrected chi connectivity index (χ2v) is 5.33. The van der Waals surface area contributed by atoms with Gasteiger partial charge in [0.1, 0.15) is 0 Å². The number of aryl methyl sites for hydroxylation is 1. The second kappa shape index (κ2) is 6.02. The summed E-state index contributed by atoms with van der Waals surface area (Å²) in [6.07, 6.45) is 1.34. The number of anilines is 2. The van der Waals surface area contributed by atoms with E-state index in [1.165, 1.54) is 6.08 Å². The molecular formula is C16H14INO. The van der Waals surface area contributed by atoms with E-state index in [0.717, 1.165) is 20.5 Å². The fraction of sp³-hybridized carbons (Fsp3) is 0.0625. The molecule has 0 spiro atoms. The molecule has 0 radical (unpaired) electrons. The molecule has 96 valence electrons. The summed E-state index contributed by atoms with van der Waals surface area (Å²) in [5.41, 5.74) is 2.85. The molecule has 0 saturated carbocycles. The number of para-hydroxylation sites is 1. The Kier molecular flexibility index (Phi) is 4.37. The summed E-state index contributed by atoms with van der Waals surface area (Å²) in [6, 6.07) is 15.7. The highest BCUT2D eigenvalue weighted by molar-refractivity contribution is 14.1. The SMILES string of the molecule is C=CC(=O)N(c1ccccc1)c1cc(C)ccc1I. The third-order valence-electron chi connectivity index (χ3n) is 2.75. The molecule has 3 heteroatoms. The smallest absolute Gasteiger partial charge is 0.254 e. The minimum absolute atomic E-state index is 0.130. The molecule has 2 aromatic carbocycles. The lowest BCUT2D eigenvalue weighted by Crippen LogP contribution is -2.24. The normalized spacial score (nSPS) is 10.0. The first-order valence-electron chi connectivity index (χ1n) is 5.91. The molecule has 19 heavy (non-hydrogen) atoms. The van der Waals surface area contributed by atoms with E-state index >= 15 is 0 Å². The third-order valence-corrected chi connectivity index (χ3v) is 3.66. The molecule has 0 fully saturated rings. The number of carbonyl (C=O) groups is 1. The number of halogens is 1. The van der Waals surface area contributed by atoms with Gasteiger partial charge in [-0.1, -0.05) is 30.8 Å². The first-order valence-corrected chi connectivity index (χ1v) is 6.99. The number of rotatable bonds is 3. The van der Waals surface area contributed by atoms with E-state index < -0.39 is 0 Å². The number of amides is 1. The summed E-state index contributed by atoms with van der Waals surface area (Å²) < 4.78 is 1.03. The van der Waals surface area contributed by atoms with Crippen LogP contribution in [0.15, 0.2) is 61.2 Å². The van der Waals surface area contributed by atoms with Crippen LogP contribution in [0.5, 0.6) is 0 Å². The van der Waals surface area contributed by atoms with E-state index in [-0.39, 0.29) is 5.91 Å². The third kappa shape index (κ3) is 3.04. The number of hydrogen-bond acceptors (Lipinski definition) is 1. The highest BCUT2D eigenvalue weighted by Crippen LogP contribution is 2.30. The van der Waals surface area contributed by atoms with Gasteiger partial charge in [0.25, 0.3) is 5.91 Å². The Labute approximate surface area is 126 Å². The number of carbonyl (C=O) groups excluding carboxylic acids is 1. The van der Waals surface area contributed by atoms with Crippen molar-refractivity contribution in [2.24, 2.45) is 0 Å². The molecule has 0 saturated heterocycles. The first-order chi connectivity index (χ1) is 9.13. The molecule has 0 N–H and O–H groups in total. The average Bonchev–Trinajstić information content (AvgIpc) is 2.44. The summed E-state index contributed by atoms with van der Waals surface area (Å²) in [7, 11) is 0. The standard InChI is InChI=1S/C16H14INO/c1-3-16(19)18(13-7-5-4-6-8-13)15-11-12(2)9-10-14(15)17/h3-11H,1H2,2H3. The van der Waals surface area contributed by atoms with Crippen LogP contribution in [0.1, 0.15) is 5.56 Å². The van der Waals surface area contributed by atoms with E-state index in [0.29, 0.717) is 0 Å². The minimum atomic E-state index is -0.130. The molecule has 0 aliphatic carbocycles. The van der Waals surface area contributed by atoms with Crippen molar-refractivity contribution in [2.75, 3.05) is 4.90 Å². The van der Waals surface area contributed by atoms with Crippen LogP contribution in [-0.2, 0) is 4.79 Å². The molecule has 0 aliphatic rings. The van der Waals surface area contributed by atoms with Gasteiger partial charge in [0.2, 0.25) is 0 Å². The molecule has 0 unspecified atom stereocenters. The zero-order valence-electron chi connectivity index (χ0n) is 10.6. The Morgan fingerprint density at radius 3 is 2.53 bits per heavy atom. The molecule has 2 nitrogen and oxygen atoms in total. The van der Waals surface area contributed by atoms with Crippen molar-refractivity contribution in [1.29, 1.82) is 0 Å². The Hall–Kier alpha value is -1.62. The largest absolute Gasteiger partial charge is 0.276 e. The van der Waals surface area contributed by atoms with Gasteiger partial charge in [0, 0.05) is 9.26 Å². The molecule has 0 aromatic heterocycles. The maximum Gasteiger partial charge on any atom is 0.254 e. The van der Waals surface area contributed by atoms with Crippen LogP contribution in [0.3, 0.4) is 0 Å². The van der Waals surface area contributed by atoms with Crippen molar-refractivity contribution in [2.45, 2.75) is 6.92 Å². The number of benzene rings is 2. The molecular weight excluding hydrogens is 349 g/mol. The Morgan fingerprint density at radius 2 is 1.89 bits per heavy atom. The zero-order valence-corrected chi connectivity index (χ0v) is 12.8. The molecule has 0 aliphatic heterocycles. The quantitative estimate of drug-likeness (QED) is 0.583. The van der Waals surface area contributed by atoms with Crippen LogP contribution in [0.4, 0.5) is 11.4 Å². The topological polar surface area (TPSA) is 20.3 Å². The number of nitrogens with zero attached hydrogens (tertiary/aromatic N) is 1. The van der Waals surface area contributed by atoms with Crippen molar-refractivity contribution in [1.82, 2.24) is 0 Å². The highest BCUT2D eigenvalue weighted by Gasteiger charge is 2.17. The minimum Gasteiger partial charge on any atom is -0.276 e. The lowest BCUT2D eigenvalue weighted by atomic mass is 10.2. The molecule has 0 heterocycles. The van der Waals surface area contributed by atoms with E-state index in [1.54, 1.807) is 4.90 Å². The maximum atomic E-state index is 12.2. The van der Waals surface area contributed by atoms with Gasteiger partial charge in [0.15, 0.2) is 0 Å². The summed E-state index contributed by atoms with van der Waals surface area (Å²) in [4.78, 5) is 13.9. The average molecular weight is 363 g/mol. The molecule has 0 atom stereocenters. The summed E-state index contributed by atoms with van der Waals surface area (Å²) in [6.45, 7) is 5.61. The van der Waals surface area contributed by atoms with E-state index in [4.69, 9.17) is 0 Å². The van der Waals surface area contributed by atoms with Gasteiger partial charge < -0.3 is 0 Å². The predicted octanol–water partition coefficient (Wildman–Crippen LogP) is 4.45. The fourth-order valence-corrected chi connectivity index (χ4v) is 2.42. The lowest BCUT2D eigenvalue weighted by Gasteiger charge is -2.23. The fourth-order valence-electron chi connectivity index (χ4n) is 1.85. The summed E-state index contributed by atoms with van der Waals surface area (Å²) in [5, 5.41) is 0. The van der Waals surface area contributed by atoms with Crippen molar-refractivity contribution in [3.8, 4) is 0 Å². The highest BCUT2D eigenvalue weighted by atomic mass is 127.